The number of ether oxygens (including phenoxy) is 1. The highest BCUT2D eigenvalue weighted by Crippen LogP contribution is 2.33. The number of piperazine rings is 1. The Kier molecular flexibility index (Phi) is 5.49. The number of carbonyl (C=O) groups excluding carboxylic acids is 2. The van der Waals surface area contributed by atoms with Crippen molar-refractivity contribution in [3.63, 3.8) is 0 Å². The van der Waals surface area contributed by atoms with E-state index in [4.69, 9.17) is 4.74 Å². The Bertz CT molecular complexity index is 913. The molecule has 0 N–H and O–H groups in total. The predicted octanol–water partition coefficient (Wildman–Crippen LogP) is 3.12. The first kappa shape index (κ1) is 20.1. The Balaban J connectivity index is 1.66. The summed E-state index contributed by atoms with van der Waals surface area (Å²) in [5.74, 6) is 0.185. The number of para-hydroxylation sites is 1. The van der Waals surface area contributed by atoms with Crippen LogP contribution in [0.5, 0.6) is 0 Å². The Morgan fingerprint density at radius 1 is 1.17 bits per heavy atom. The van der Waals surface area contributed by atoms with Crippen LogP contribution in [0.1, 0.15) is 49.5 Å². The van der Waals surface area contributed by atoms with Crippen LogP contribution < -0.4 is 0 Å². The van der Waals surface area contributed by atoms with Crippen molar-refractivity contribution in [2.24, 2.45) is 0 Å². The minimum atomic E-state index is -0.298. The van der Waals surface area contributed by atoms with Crippen molar-refractivity contribution in [1.82, 2.24) is 14.4 Å². The molecule has 6 heteroatoms. The number of rotatable bonds is 4. The molecular weight excluding hydrogens is 366 g/mol. The van der Waals surface area contributed by atoms with Crippen molar-refractivity contribution < 1.29 is 14.3 Å². The molecule has 2 saturated heterocycles. The summed E-state index contributed by atoms with van der Waals surface area (Å²) in [4.78, 5) is 30.3. The molecular formula is C23H31N3O3. The Morgan fingerprint density at radius 3 is 2.59 bits per heavy atom. The van der Waals surface area contributed by atoms with Gasteiger partial charge in [-0.3, -0.25) is 14.5 Å². The van der Waals surface area contributed by atoms with E-state index in [0.29, 0.717) is 12.0 Å². The van der Waals surface area contributed by atoms with Gasteiger partial charge in [-0.05, 0) is 39.3 Å². The number of ketones is 1. The monoisotopic (exact) mass is 397 g/mol. The molecule has 4 rings (SSSR count). The summed E-state index contributed by atoms with van der Waals surface area (Å²) in [5, 5.41) is 0.922. The van der Waals surface area contributed by atoms with Crippen molar-refractivity contribution >= 4 is 22.6 Å². The van der Waals surface area contributed by atoms with Gasteiger partial charge in [0.05, 0.1) is 0 Å². The summed E-state index contributed by atoms with van der Waals surface area (Å²) in [6, 6.07) is 7.58. The van der Waals surface area contributed by atoms with Crippen LogP contribution in [0.25, 0.3) is 10.9 Å². The molecule has 1 aromatic heterocycles. The summed E-state index contributed by atoms with van der Waals surface area (Å²) in [5.41, 5.74) is 1.66. The fourth-order valence-corrected chi connectivity index (χ4v) is 4.99. The van der Waals surface area contributed by atoms with Crippen molar-refractivity contribution in [3.8, 4) is 0 Å². The quantitative estimate of drug-likeness (QED) is 0.744. The van der Waals surface area contributed by atoms with Gasteiger partial charge in [0.1, 0.15) is 6.04 Å². The second kappa shape index (κ2) is 7.92. The molecule has 1 amide bonds. The van der Waals surface area contributed by atoms with E-state index >= 15 is 0 Å². The van der Waals surface area contributed by atoms with Gasteiger partial charge >= 0.3 is 0 Å². The first-order valence-corrected chi connectivity index (χ1v) is 10.6. The first-order chi connectivity index (χ1) is 14.0. The van der Waals surface area contributed by atoms with Crippen LogP contribution in [-0.4, -0.2) is 71.5 Å². The Labute approximate surface area is 172 Å². The molecule has 1 aromatic carbocycles. The SMILES string of the molecule is CCC(C(=O)N1CCN(C)C2(CCOCC2)C1)n1cc(C(C)=O)c2ccccc21. The lowest BCUT2D eigenvalue weighted by atomic mass is 9.85. The fourth-order valence-electron chi connectivity index (χ4n) is 4.99. The normalized spacial score (nSPS) is 20.9. The van der Waals surface area contributed by atoms with Gasteiger partial charge in [0.2, 0.25) is 5.91 Å². The lowest BCUT2D eigenvalue weighted by Crippen LogP contribution is -2.64. The van der Waals surface area contributed by atoms with E-state index in [2.05, 4.69) is 11.9 Å². The zero-order valence-electron chi connectivity index (χ0n) is 17.7. The van der Waals surface area contributed by atoms with Gasteiger partial charge in [-0.25, -0.2) is 0 Å². The van der Waals surface area contributed by atoms with Crippen molar-refractivity contribution in [1.29, 1.82) is 0 Å². The van der Waals surface area contributed by atoms with Crippen LogP contribution in [0, 0.1) is 0 Å². The largest absolute Gasteiger partial charge is 0.381 e. The Morgan fingerprint density at radius 2 is 1.90 bits per heavy atom. The van der Waals surface area contributed by atoms with Crippen LogP contribution >= 0.6 is 0 Å². The highest BCUT2D eigenvalue weighted by atomic mass is 16.5. The van der Waals surface area contributed by atoms with Gasteiger partial charge in [-0.1, -0.05) is 25.1 Å². The maximum Gasteiger partial charge on any atom is 0.245 e. The van der Waals surface area contributed by atoms with Gasteiger partial charge in [0, 0.05) is 61.1 Å². The van der Waals surface area contributed by atoms with Crippen molar-refractivity contribution in [3.05, 3.63) is 36.0 Å². The van der Waals surface area contributed by atoms with Crippen LogP contribution in [0.4, 0.5) is 0 Å². The number of amides is 1. The number of benzene rings is 1. The third-order valence-corrected chi connectivity index (χ3v) is 6.86. The van der Waals surface area contributed by atoms with Crippen LogP contribution in [-0.2, 0) is 9.53 Å². The summed E-state index contributed by atoms with van der Waals surface area (Å²) in [6.07, 6.45) is 4.49. The van der Waals surface area contributed by atoms with Crippen molar-refractivity contribution in [2.75, 3.05) is 39.9 Å². The second-order valence-electron chi connectivity index (χ2n) is 8.47. The lowest BCUT2D eigenvalue weighted by molar-refractivity contribution is -0.143. The molecule has 29 heavy (non-hydrogen) atoms. The van der Waals surface area contributed by atoms with Gasteiger partial charge in [0.25, 0.3) is 0 Å². The van der Waals surface area contributed by atoms with E-state index in [1.165, 1.54) is 0 Å². The molecule has 0 aliphatic carbocycles. The molecule has 2 aliphatic rings. The number of carbonyl (C=O) groups is 2. The lowest BCUT2D eigenvalue weighted by Gasteiger charge is -2.51. The third kappa shape index (κ3) is 3.49. The average Bonchev–Trinajstić information content (AvgIpc) is 3.11. The van der Waals surface area contributed by atoms with E-state index < -0.39 is 0 Å². The highest BCUT2D eigenvalue weighted by molar-refractivity contribution is 6.07. The van der Waals surface area contributed by atoms with E-state index in [1.807, 2.05) is 46.9 Å². The number of fused-ring (bicyclic) bond motifs is 1. The number of aromatic nitrogens is 1. The molecule has 2 aliphatic heterocycles. The summed E-state index contributed by atoms with van der Waals surface area (Å²) < 4.78 is 7.60. The third-order valence-electron chi connectivity index (χ3n) is 6.86. The highest BCUT2D eigenvalue weighted by Gasteiger charge is 2.43. The number of hydrogen-bond donors (Lipinski definition) is 0. The van der Waals surface area contributed by atoms with E-state index in [0.717, 1.165) is 56.6 Å². The number of likely N-dealkylation sites (N-methyl/N-ethyl adjacent to an activating group) is 1. The average molecular weight is 398 g/mol. The maximum absolute atomic E-state index is 13.7. The fraction of sp³-hybridized carbons (Fsp3) is 0.565. The molecule has 0 radical (unpaired) electrons. The van der Waals surface area contributed by atoms with Gasteiger partial charge in [-0.15, -0.1) is 0 Å². The molecule has 0 bridgehead atoms. The first-order valence-electron chi connectivity index (χ1n) is 10.6. The molecule has 3 heterocycles. The molecule has 0 saturated carbocycles. The molecule has 6 nitrogen and oxygen atoms in total. The van der Waals surface area contributed by atoms with Crippen LogP contribution in [0.3, 0.4) is 0 Å². The molecule has 1 atom stereocenters. The minimum absolute atomic E-state index is 0.0216. The minimum Gasteiger partial charge on any atom is -0.381 e. The molecule has 156 valence electrons. The summed E-state index contributed by atoms with van der Waals surface area (Å²) in [6.45, 7) is 7.53. The van der Waals surface area contributed by atoms with Crippen LogP contribution in [0.2, 0.25) is 0 Å². The van der Waals surface area contributed by atoms with Gasteiger partial charge in [-0.2, -0.15) is 0 Å². The summed E-state index contributed by atoms with van der Waals surface area (Å²) in [7, 11) is 2.17. The Hall–Kier alpha value is -2.18. The number of nitrogens with zero attached hydrogens (tertiary/aromatic N) is 3. The zero-order chi connectivity index (χ0) is 20.6. The van der Waals surface area contributed by atoms with E-state index in [1.54, 1.807) is 6.92 Å². The molecule has 1 unspecified atom stereocenters. The van der Waals surface area contributed by atoms with Crippen molar-refractivity contribution in [2.45, 2.75) is 44.7 Å². The molecule has 2 aromatic rings. The summed E-state index contributed by atoms with van der Waals surface area (Å²) >= 11 is 0. The topological polar surface area (TPSA) is 54.8 Å². The second-order valence-corrected chi connectivity index (χ2v) is 8.47. The molecule has 2 fully saturated rings. The zero-order valence-corrected chi connectivity index (χ0v) is 17.7. The van der Waals surface area contributed by atoms with Gasteiger partial charge in [0.15, 0.2) is 5.78 Å². The molecule has 1 spiro atoms. The van der Waals surface area contributed by atoms with Gasteiger partial charge < -0.3 is 14.2 Å². The van der Waals surface area contributed by atoms with Crippen LogP contribution in [0.15, 0.2) is 30.5 Å². The maximum atomic E-state index is 13.7. The number of hydrogen-bond acceptors (Lipinski definition) is 4. The number of Topliss-reactive ketones (excluding diaryl/α,β-unsaturated/α-hetero) is 1. The standard InChI is InChI=1S/C23H31N3O3/c1-4-20(26-15-19(17(2)27)18-7-5-6-8-21(18)26)22(28)25-12-11-24(3)23(16-25)9-13-29-14-10-23/h5-8,15,20H,4,9-14,16H2,1-3H3. The van der Waals surface area contributed by atoms with E-state index in [9.17, 15) is 9.59 Å². The van der Waals surface area contributed by atoms with E-state index in [-0.39, 0.29) is 23.3 Å². The predicted molar refractivity (Wildman–Crippen MR) is 113 cm³/mol. The smallest absolute Gasteiger partial charge is 0.245 e.